The van der Waals surface area contributed by atoms with Crippen LogP contribution in [0, 0.1) is 5.92 Å². The van der Waals surface area contributed by atoms with E-state index in [0.717, 1.165) is 18.0 Å². The second-order valence-electron chi connectivity index (χ2n) is 4.16. The molecule has 1 heterocycles. The van der Waals surface area contributed by atoms with Crippen molar-refractivity contribution in [3.8, 4) is 0 Å². The molecule has 0 amide bonds. The monoisotopic (exact) mass is 255 g/mol. The summed E-state index contributed by atoms with van der Waals surface area (Å²) < 4.78 is 0. The third kappa shape index (κ3) is 5.14. The van der Waals surface area contributed by atoms with Crippen LogP contribution in [0.4, 0.5) is 0 Å². The zero-order valence-electron chi connectivity index (χ0n) is 10.7. The smallest absolute Gasteiger partial charge is 0.206 e. The number of rotatable bonds is 5. The van der Waals surface area contributed by atoms with Crippen molar-refractivity contribution < 1.29 is 0 Å². The molecule has 0 aromatic carbocycles. The molecule has 0 atom stereocenters. The van der Waals surface area contributed by atoms with E-state index in [-0.39, 0.29) is 0 Å². The number of guanidine groups is 1. The van der Waals surface area contributed by atoms with E-state index in [1.54, 1.807) is 11.3 Å². The van der Waals surface area contributed by atoms with E-state index in [2.05, 4.69) is 41.5 Å². The highest BCUT2D eigenvalue weighted by molar-refractivity contribution is 7.11. The second kappa shape index (κ2) is 7.24. The maximum Gasteiger partial charge on any atom is 0.206 e. The van der Waals surface area contributed by atoms with Gasteiger partial charge >= 0.3 is 0 Å². The average molecular weight is 255 g/mol. The second-order valence-corrected chi connectivity index (χ2v) is 5.36. The lowest BCUT2D eigenvalue weighted by Gasteiger charge is -2.10. The van der Waals surface area contributed by atoms with Crippen LogP contribution in [-0.2, 0) is 13.0 Å². The summed E-state index contributed by atoms with van der Waals surface area (Å²) >= 11 is 1.70. The van der Waals surface area contributed by atoms with Gasteiger partial charge in [-0.25, -0.2) is 15.8 Å². The van der Waals surface area contributed by atoms with Crippen molar-refractivity contribution in [3.05, 3.63) is 16.1 Å². The molecule has 1 rings (SSSR count). The van der Waals surface area contributed by atoms with Gasteiger partial charge in [0.05, 0.1) is 6.54 Å². The maximum atomic E-state index is 5.39. The molecular weight excluding hydrogens is 234 g/mol. The molecule has 4 N–H and O–H groups in total. The van der Waals surface area contributed by atoms with Crippen LogP contribution in [0.25, 0.3) is 0 Å². The highest BCUT2D eigenvalue weighted by atomic mass is 32.1. The molecule has 0 spiro atoms. The Balaban J connectivity index is 2.48. The zero-order chi connectivity index (χ0) is 12.7. The van der Waals surface area contributed by atoms with Gasteiger partial charge in [-0.2, -0.15) is 0 Å². The van der Waals surface area contributed by atoms with Crippen LogP contribution in [0.3, 0.4) is 0 Å². The quantitative estimate of drug-likeness (QED) is 0.320. The molecule has 0 aliphatic carbocycles. The Hall–Kier alpha value is -1.14. The lowest BCUT2D eigenvalue weighted by molar-refractivity contribution is 0.615. The van der Waals surface area contributed by atoms with Crippen molar-refractivity contribution >= 4 is 17.3 Å². The van der Waals surface area contributed by atoms with Gasteiger partial charge in [0.1, 0.15) is 5.01 Å². The Morgan fingerprint density at radius 2 is 2.35 bits per heavy atom. The molecule has 0 bridgehead atoms. The Labute approximate surface area is 107 Å². The zero-order valence-corrected chi connectivity index (χ0v) is 11.5. The van der Waals surface area contributed by atoms with Crippen molar-refractivity contribution in [2.24, 2.45) is 16.8 Å². The first-order valence-corrected chi connectivity index (χ1v) is 6.65. The van der Waals surface area contributed by atoms with Gasteiger partial charge in [0.2, 0.25) is 5.96 Å². The highest BCUT2D eigenvalue weighted by Crippen LogP contribution is 2.13. The standard InChI is InChI=1S/C11H21N5S/c1-4-9-6-13-10(17-9)7-15-11(16-12)14-5-8(2)3/h6,8H,4-5,7,12H2,1-3H3,(H2,14,15,16). The van der Waals surface area contributed by atoms with E-state index < -0.39 is 0 Å². The van der Waals surface area contributed by atoms with Crippen LogP contribution in [0.5, 0.6) is 0 Å². The molecule has 0 aliphatic heterocycles. The first-order chi connectivity index (χ1) is 8.15. The first-order valence-electron chi connectivity index (χ1n) is 5.84. The SMILES string of the molecule is CCc1cnc(CN=C(NN)NCC(C)C)s1. The number of hydrogen-bond donors (Lipinski definition) is 3. The summed E-state index contributed by atoms with van der Waals surface area (Å²) in [6, 6.07) is 0. The number of nitrogens with two attached hydrogens (primary N) is 1. The van der Waals surface area contributed by atoms with Gasteiger partial charge in [0.15, 0.2) is 0 Å². The van der Waals surface area contributed by atoms with Crippen molar-refractivity contribution in [1.29, 1.82) is 0 Å². The molecular formula is C11H21N5S. The summed E-state index contributed by atoms with van der Waals surface area (Å²) in [5, 5.41) is 4.17. The largest absolute Gasteiger partial charge is 0.355 e. The van der Waals surface area contributed by atoms with Gasteiger partial charge in [-0.3, -0.25) is 5.43 Å². The molecule has 0 unspecified atom stereocenters. The Kier molecular flexibility index (Phi) is 5.93. The number of nitrogens with zero attached hydrogens (tertiary/aromatic N) is 2. The fourth-order valence-corrected chi connectivity index (χ4v) is 1.97. The summed E-state index contributed by atoms with van der Waals surface area (Å²) in [6.45, 7) is 7.80. The number of aromatic nitrogens is 1. The Morgan fingerprint density at radius 3 is 2.88 bits per heavy atom. The third-order valence-corrected chi connectivity index (χ3v) is 3.26. The molecule has 0 fully saturated rings. The van der Waals surface area contributed by atoms with E-state index in [4.69, 9.17) is 5.84 Å². The molecule has 5 nitrogen and oxygen atoms in total. The topological polar surface area (TPSA) is 75.3 Å². The van der Waals surface area contributed by atoms with Gasteiger partial charge in [-0.15, -0.1) is 11.3 Å². The summed E-state index contributed by atoms with van der Waals surface area (Å²) in [5.74, 6) is 6.57. The predicted octanol–water partition coefficient (Wildman–Crippen LogP) is 1.27. The predicted molar refractivity (Wildman–Crippen MR) is 72.8 cm³/mol. The summed E-state index contributed by atoms with van der Waals surface area (Å²) in [6.07, 6.45) is 2.93. The van der Waals surface area contributed by atoms with Gasteiger partial charge in [0, 0.05) is 17.6 Å². The third-order valence-electron chi connectivity index (χ3n) is 2.14. The summed E-state index contributed by atoms with van der Waals surface area (Å²) in [5.41, 5.74) is 2.56. The number of hydrogen-bond acceptors (Lipinski definition) is 4. The van der Waals surface area contributed by atoms with Gasteiger partial charge < -0.3 is 5.32 Å². The van der Waals surface area contributed by atoms with Crippen LogP contribution < -0.4 is 16.6 Å². The minimum atomic E-state index is 0.556. The number of nitrogens with one attached hydrogen (secondary N) is 2. The molecule has 17 heavy (non-hydrogen) atoms. The first kappa shape index (κ1) is 13.9. The number of aliphatic imine (C=N–C) groups is 1. The Morgan fingerprint density at radius 1 is 1.59 bits per heavy atom. The van der Waals surface area contributed by atoms with E-state index in [1.807, 2.05) is 6.20 Å². The van der Waals surface area contributed by atoms with E-state index in [0.29, 0.717) is 18.4 Å². The maximum absolute atomic E-state index is 5.39. The van der Waals surface area contributed by atoms with Crippen LogP contribution in [0.2, 0.25) is 0 Å². The molecule has 6 heteroatoms. The molecule has 96 valence electrons. The summed E-state index contributed by atoms with van der Waals surface area (Å²) in [7, 11) is 0. The fraction of sp³-hybridized carbons (Fsp3) is 0.636. The van der Waals surface area contributed by atoms with Crippen LogP contribution in [0.15, 0.2) is 11.2 Å². The average Bonchev–Trinajstić information content (AvgIpc) is 2.77. The summed E-state index contributed by atoms with van der Waals surface area (Å²) in [4.78, 5) is 9.94. The molecule has 0 radical (unpaired) electrons. The lowest BCUT2D eigenvalue weighted by Crippen LogP contribution is -2.42. The fourth-order valence-electron chi connectivity index (χ4n) is 1.18. The lowest BCUT2D eigenvalue weighted by atomic mass is 10.2. The molecule has 1 aromatic rings. The van der Waals surface area contributed by atoms with Gasteiger partial charge in [-0.1, -0.05) is 20.8 Å². The minimum absolute atomic E-state index is 0.556. The van der Waals surface area contributed by atoms with Gasteiger partial charge in [-0.05, 0) is 12.3 Å². The van der Waals surface area contributed by atoms with Crippen molar-refractivity contribution in [2.75, 3.05) is 6.54 Å². The molecule has 1 aromatic heterocycles. The Bertz CT molecular complexity index is 358. The molecule has 0 saturated carbocycles. The normalized spacial score (nSPS) is 11.9. The van der Waals surface area contributed by atoms with Crippen molar-refractivity contribution in [1.82, 2.24) is 15.7 Å². The highest BCUT2D eigenvalue weighted by Gasteiger charge is 2.01. The van der Waals surface area contributed by atoms with Crippen LogP contribution in [-0.4, -0.2) is 17.5 Å². The van der Waals surface area contributed by atoms with E-state index in [1.165, 1.54) is 4.88 Å². The molecule has 0 aliphatic rings. The van der Waals surface area contributed by atoms with E-state index >= 15 is 0 Å². The number of aryl methyl sites for hydroxylation is 1. The van der Waals surface area contributed by atoms with Gasteiger partial charge in [0.25, 0.3) is 0 Å². The van der Waals surface area contributed by atoms with Crippen molar-refractivity contribution in [3.63, 3.8) is 0 Å². The van der Waals surface area contributed by atoms with Crippen LogP contribution in [0.1, 0.15) is 30.7 Å². The van der Waals surface area contributed by atoms with Crippen LogP contribution >= 0.6 is 11.3 Å². The number of hydrazine groups is 1. The van der Waals surface area contributed by atoms with E-state index in [9.17, 15) is 0 Å². The minimum Gasteiger partial charge on any atom is -0.355 e. The molecule has 0 saturated heterocycles. The number of thiazole rings is 1. The van der Waals surface area contributed by atoms with Crippen molar-refractivity contribution in [2.45, 2.75) is 33.7 Å².